The predicted octanol–water partition coefficient (Wildman–Crippen LogP) is 2.43. The van der Waals surface area contributed by atoms with E-state index >= 15 is 0 Å². The van der Waals surface area contributed by atoms with Crippen molar-refractivity contribution in [1.82, 2.24) is 15.2 Å². The summed E-state index contributed by atoms with van der Waals surface area (Å²) in [4.78, 5) is 20.6. The highest BCUT2D eigenvalue weighted by atomic mass is 32.1. The van der Waals surface area contributed by atoms with Gasteiger partial charge in [-0.25, -0.2) is 4.98 Å². The van der Waals surface area contributed by atoms with Gasteiger partial charge in [-0.2, -0.15) is 0 Å². The summed E-state index contributed by atoms with van der Waals surface area (Å²) in [5.74, 6) is 0.142. The van der Waals surface area contributed by atoms with Crippen molar-refractivity contribution < 1.29 is 9.53 Å². The van der Waals surface area contributed by atoms with E-state index in [-0.39, 0.29) is 16.9 Å². The molecule has 2 aliphatic heterocycles. The van der Waals surface area contributed by atoms with E-state index in [0.717, 1.165) is 62.0 Å². The van der Waals surface area contributed by atoms with Crippen LogP contribution in [-0.4, -0.2) is 54.2 Å². The second kappa shape index (κ2) is 6.49. The van der Waals surface area contributed by atoms with Crippen molar-refractivity contribution in [2.75, 3.05) is 32.8 Å². The molecule has 0 unspecified atom stereocenters. The van der Waals surface area contributed by atoms with Crippen molar-refractivity contribution in [1.29, 1.82) is 0 Å². The summed E-state index contributed by atoms with van der Waals surface area (Å²) in [6.07, 6.45) is 4.64. The van der Waals surface area contributed by atoms with E-state index in [9.17, 15) is 4.79 Å². The van der Waals surface area contributed by atoms with Crippen LogP contribution in [0.5, 0.6) is 0 Å². The molecule has 1 spiro atoms. The van der Waals surface area contributed by atoms with Gasteiger partial charge in [-0.05, 0) is 25.8 Å². The third-order valence-electron chi connectivity index (χ3n) is 4.88. The Hall–Kier alpha value is -0.980. The van der Waals surface area contributed by atoms with Crippen molar-refractivity contribution in [3.8, 4) is 0 Å². The van der Waals surface area contributed by atoms with Gasteiger partial charge in [0.25, 0.3) is 5.91 Å². The Morgan fingerprint density at radius 2 is 2.04 bits per heavy atom. The van der Waals surface area contributed by atoms with E-state index in [1.54, 1.807) is 17.5 Å². The Labute approximate surface area is 142 Å². The lowest BCUT2D eigenvalue weighted by Crippen LogP contribution is -2.54. The van der Waals surface area contributed by atoms with Crippen LogP contribution in [0.25, 0.3) is 0 Å². The van der Waals surface area contributed by atoms with Gasteiger partial charge in [0.05, 0.1) is 11.2 Å². The van der Waals surface area contributed by atoms with Gasteiger partial charge >= 0.3 is 0 Å². The molecule has 0 saturated carbocycles. The minimum atomic E-state index is -0.0509. The molecule has 0 bridgehead atoms. The van der Waals surface area contributed by atoms with E-state index in [0.29, 0.717) is 0 Å². The molecule has 0 aromatic carbocycles. The molecule has 2 saturated heterocycles. The average molecular weight is 337 g/mol. The summed E-state index contributed by atoms with van der Waals surface area (Å²) in [6.45, 7) is 10.5. The van der Waals surface area contributed by atoms with Gasteiger partial charge in [-0.3, -0.25) is 4.79 Å². The third-order valence-corrected chi connectivity index (χ3v) is 6.29. The van der Waals surface area contributed by atoms with Gasteiger partial charge in [0.2, 0.25) is 0 Å². The van der Waals surface area contributed by atoms with E-state index < -0.39 is 0 Å². The number of thiazole rings is 1. The average Bonchev–Trinajstić information content (AvgIpc) is 2.93. The molecule has 3 rings (SSSR count). The molecule has 0 radical (unpaired) electrons. The Morgan fingerprint density at radius 1 is 1.30 bits per heavy atom. The minimum Gasteiger partial charge on any atom is -0.381 e. The summed E-state index contributed by atoms with van der Waals surface area (Å²) in [5.41, 5.74) is -0.0649. The largest absolute Gasteiger partial charge is 0.381 e. The number of aromatic nitrogens is 1. The highest BCUT2D eigenvalue weighted by Gasteiger charge is 2.42. The second-order valence-corrected chi connectivity index (χ2v) is 8.60. The molecular weight excluding hydrogens is 310 g/mol. The summed E-state index contributed by atoms with van der Waals surface area (Å²) in [7, 11) is 0. The number of carbonyl (C=O) groups is 1. The molecule has 1 aromatic rings. The number of nitrogens with one attached hydrogen (secondary N) is 1. The summed E-state index contributed by atoms with van der Waals surface area (Å²) < 4.78 is 5.55. The Kier molecular flexibility index (Phi) is 4.76. The molecule has 6 heteroatoms. The molecule has 128 valence electrons. The predicted molar refractivity (Wildman–Crippen MR) is 92.1 cm³/mol. The zero-order valence-corrected chi connectivity index (χ0v) is 15.2. The molecule has 3 heterocycles. The molecule has 1 N–H and O–H groups in total. The number of amides is 1. The van der Waals surface area contributed by atoms with Crippen LogP contribution in [0.15, 0.2) is 6.20 Å². The Morgan fingerprint density at radius 3 is 2.70 bits per heavy atom. The molecule has 2 aliphatic rings. The van der Waals surface area contributed by atoms with Crippen molar-refractivity contribution >= 4 is 17.2 Å². The molecule has 2 fully saturated rings. The van der Waals surface area contributed by atoms with Crippen molar-refractivity contribution in [2.45, 2.75) is 51.0 Å². The fourth-order valence-corrected chi connectivity index (χ4v) is 4.37. The SMILES string of the molecule is CC(C)(C)c1ncc(C(=O)N2CCNCCC23CCOCC3)s1. The normalized spacial score (nSPS) is 22.1. The van der Waals surface area contributed by atoms with Crippen LogP contribution in [0.4, 0.5) is 0 Å². The maximum absolute atomic E-state index is 13.2. The maximum Gasteiger partial charge on any atom is 0.266 e. The van der Waals surface area contributed by atoms with Crippen LogP contribution < -0.4 is 5.32 Å². The molecule has 0 atom stereocenters. The van der Waals surface area contributed by atoms with Crippen molar-refractivity contribution in [3.63, 3.8) is 0 Å². The quantitative estimate of drug-likeness (QED) is 0.855. The highest BCUT2D eigenvalue weighted by Crippen LogP contribution is 2.35. The molecule has 1 amide bonds. The zero-order chi connectivity index (χ0) is 16.5. The fraction of sp³-hybridized carbons (Fsp3) is 0.765. The third kappa shape index (κ3) is 3.44. The zero-order valence-electron chi connectivity index (χ0n) is 14.4. The topological polar surface area (TPSA) is 54.5 Å². The maximum atomic E-state index is 13.2. The van der Waals surface area contributed by atoms with Gasteiger partial charge in [-0.1, -0.05) is 20.8 Å². The molecule has 5 nitrogen and oxygen atoms in total. The van der Waals surface area contributed by atoms with Gasteiger partial charge < -0.3 is 15.0 Å². The summed E-state index contributed by atoms with van der Waals surface area (Å²) in [5, 5.41) is 4.46. The number of nitrogens with zero attached hydrogens (tertiary/aromatic N) is 2. The van der Waals surface area contributed by atoms with Crippen molar-refractivity contribution in [3.05, 3.63) is 16.1 Å². The number of rotatable bonds is 1. The molecule has 0 aliphatic carbocycles. The summed E-state index contributed by atoms with van der Waals surface area (Å²) >= 11 is 1.54. The Bertz CT molecular complexity index is 558. The van der Waals surface area contributed by atoms with Crippen LogP contribution >= 0.6 is 11.3 Å². The first kappa shape index (κ1) is 16.9. The number of hydrogen-bond acceptors (Lipinski definition) is 5. The first-order valence-corrected chi connectivity index (χ1v) is 9.31. The second-order valence-electron chi connectivity index (χ2n) is 7.57. The van der Waals surface area contributed by atoms with Gasteiger partial charge in [-0.15, -0.1) is 11.3 Å². The summed E-state index contributed by atoms with van der Waals surface area (Å²) in [6, 6.07) is 0. The van der Waals surface area contributed by atoms with E-state index in [1.165, 1.54) is 0 Å². The number of carbonyl (C=O) groups excluding carboxylic acids is 1. The number of ether oxygens (including phenoxy) is 1. The first-order valence-electron chi connectivity index (χ1n) is 8.49. The number of hydrogen-bond donors (Lipinski definition) is 1. The van der Waals surface area contributed by atoms with E-state index in [4.69, 9.17) is 4.74 Å². The standard InChI is InChI=1S/C17H27N3O2S/c1-16(2,3)15-19-12-13(23-15)14(21)20-9-8-18-7-4-17(20)5-10-22-11-6-17/h12,18H,4-11H2,1-3H3. The molecule has 1 aromatic heterocycles. The lowest BCUT2D eigenvalue weighted by atomic mass is 9.84. The van der Waals surface area contributed by atoms with Gasteiger partial charge in [0, 0.05) is 37.3 Å². The smallest absolute Gasteiger partial charge is 0.266 e. The van der Waals surface area contributed by atoms with Crippen LogP contribution in [0.2, 0.25) is 0 Å². The Balaban J connectivity index is 1.87. The fourth-order valence-electron chi connectivity index (χ4n) is 3.45. The van der Waals surface area contributed by atoms with E-state index in [1.807, 2.05) is 0 Å². The van der Waals surface area contributed by atoms with Crippen LogP contribution in [0, 0.1) is 0 Å². The molecule has 23 heavy (non-hydrogen) atoms. The minimum absolute atomic E-state index is 0.0140. The first-order chi connectivity index (χ1) is 10.9. The lowest BCUT2D eigenvalue weighted by Gasteiger charge is -2.45. The van der Waals surface area contributed by atoms with Crippen LogP contribution in [-0.2, 0) is 10.2 Å². The van der Waals surface area contributed by atoms with Crippen LogP contribution in [0.1, 0.15) is 54.7 Å². The van der Waals surface area contributed by atoms with Crippen LogP contribution in [0.3, 0.4) is 0 Å². The van der Waals surface area contributed by atoms with Gasteiger partial charge in [0.1, 0.15) is 4.88 Å². The van der Waals surface area contributed by atoms with E-state index in [2.05, 4.69) is 36.0 Å². The monoisotopic (exact) mass is 337 g/mol. The van der Waals surface area contributed by atoms with Gasteiger partial charge in [0.15, 0.2) is 0 Å². The van der Waals surface area contributed by atoms with Crippen molar-refractivity contribution in [2.24, 2.45) is 0 Å². The molecular formula is C17H27N3O2S. The lowest BCUT2D eigenvalue weighted by molar-refractivity contribution is -0.0181. The highest BCUT2D eigenvalue weighted by molar-refractivity contribution is 7.13.